The van der Waals surface area contributed by atoms with Gasteiger partial charge in [0, 0.05) is 16.3 Å². The van der Waals surface area contributed by atoms with Crippen molar-refractivity contribution in [2.75, 3.05) is 11.9 Å². The van der Waals surface area contributed by atoms with Crippen molar-refractivity contribution in [2.45, 2.75) is 27.2 Å². The Bertz CT molecular complexity index is 942. The molecule has 6 nitrogen and oxygen atoms in total. The lowest BCUT2D eigenvalue weighted by atomic mass is 10.0. The molecule has 3 aromatic rings. The van der Waals surface area contributed by atoms with Gasteiger partial charge in [-0.05, 0) is 44.0 Å². The van der Waals surface area contributed by atoms with Crippen LogP contribution in [0.15, 0.2) is 28.2 Å². The second kappa shape index (κ2) is 7.06. The summed E-state index contributed by atoms with van der Waals surface area (Å²) in [4.78, 5) is 28.0. The summed E-state index contributed by atoms with van der Waals surface area (Å²) in [6.07, 6.45) is 1.78. The molecule has 0 radical (unpaired) electrons. The summed E-state index contributed by atoms with van der Waals surface area (Å²) in [5.41, 5.74) is 4.08. The van der Waals surface area contributed by atoms with E-state index in [9.17, 15) is 9.59 Å². The number of ether oxygens (including phenoxy) is 1. The molecule has 0 atom stereocenters. The molecule has 1 N–H and O–H groups in total. The Balaban J connectivity index is 1.71. The number of aromatic nitrogens is 1. The Morgan fingerprint density at radius 3 is 2.80 bits per heavy atom. The van der Waals surface area contributed by atoms with E-state index in [0.29, 0.717) is 5.13 Å². The number of benzene rings is 1. The minimum Gasteiger partial charge on any atom is -0.464 e. The Hall–Kier alpha value is -2.67. The van der Waals surface area contributed by atoms with E-state index in [1.165, 1.54) is 11.3 Å². The van der Waals surface area contributed by atoms with Crippen LogP contribution in [0.1, 0.15) is 34.1 Å². The second-order valence-corrected chi connectivity index (χ2v) is 6.53. The molecule has 2 heterocycles. The summed E-state index contributed by atoms with van der Waals surface area (Å²) in [7, 11) is 0. The molecule has 130 valence electrons. The highest BCUT2D eigenvalue weighted by Crippen LogP contribution is 2.25. The molecule has 0 saturated carbocycles. The predicted molar refractivity (Wildman–Crippen MR) is 96.1 cm³/mol. The van der Waals surface area contributed by atoms with Crippen LogP contribution in [0.25, 0.3) is 11.0 Å². The number of furan rings is 1. The van der Waals surface area contributed by atoms with Gasteiger partial charge in [0.15, 0.2) is 10.8 Å². The molecule has 0 unspecified atom stereocenters. The molecule has 0 aliphatic rings. The molecule has 1 aromatic carbocycles. The number of fused-ring (bicyclic) bond motifs is 1. The van der Waals surface area contributed by atoms with Gasteiger partial charge >= 0.3 is 5.97 Å². The maximum atomic E-state index is 12.3. The first-order valence-corrected chi connectivity index (χ1v) is 8.75. The zero-order valence-electron chi connectivity index (χ0n) is 14.2. The summed E-state index contributed by atoms with van der Waals surface area (Å²) in [6, 6.07) is 4.00. The third kappa shape index (κ3) is 3.71. The van der Waals surface area contributed by atoms with Crippen LogP contribution in [-0.2, 0) is 16.0 Å². The van der Waals surface area contributed by atoms with Crippen molar-refractivity contribution in [3.8, 4) is 0 Å². The fourth-order valence-corrected chi connectivity index (χ4v) is 3.14. The minimum absolute atomic E-state index is 0.170. The van der Waals surface area contributed by atoms with Gasteiger partial charge in [-0.1, -0.05) is 0 Å². The summed E-state index contributed by atoms with van der Waals surface area (Å²) >= 11 is 1.19. The highest BCUT2D eigenvalue weighted by Gasteiger charge is 2.15. The zero-order valence-corrected chi connectivity index (χ0v) is 15.0. The van der Waals surface area contributed by atoms with E-state index < -0.39 is 5.97 Å². The topological polar surface area (TPSA) is 81.4 Å². The molecule has 3 rings (SSSR count). The summed E-state index contributed by atoms with van der Waals surface area (Å²) in [6.45, 7) is 6.06. The first-order valence-electron chi connectivity index (χ1n) is 7.87. The van der Waals surface area contributed by atoms with E-state index in [2.05, 4.69) is 10.3 Å². The number of hydrogen-bond acceptors (Lipinski definition) is 6. The SMILES string of the molecule is CCOC(=O)c1csc(NC(=O)Cc2coc3cc(C)c(C)cc23)n1. The van der Waals surface area contributed by atoms with Crippen LogP contribution in [0.5, 0.6) is 0 Å². The molecule has 25 heavy (non-hydrogen) atoms. The number of esters is 1. The summed E-state index contributed by atoms with van der Waals surface area (Å²) in [5.74, 6) is -0.711. The molecule has 0 fully saturated rings. The monoisotopic (exact) mass is 358 g/mol. The van der Waals surface area contributed by atoms with Crippen molar-refractivity contribution in [2.24, 2.45) is 0 Å². The zero-order chi connectivity index (χ0) is 18.0. The van der Waals surface area contributed by atoms with Gasteiger partial charge in [0.1, 0.15) is 5.58 Å². The highest BCUT2D eigenvalue weighted by atomic mass is 32.1. The van der Waals surface area contributed by atoms with Crippen LogP contribution in [-0.4, -0.2) is 23.5 Å². The van der Waals surface area contributed by atoms with E-state index in [4.69, 9.17) is 9.15 Å². The molecule has 0 aliphatic carbocycles. The van der Waals surface area contributed by atoms with Gasteiger partial charge < -0.3 is 14.5 Å². The Labute approximate surface area is 148 Å². The van der Waals surface area contributed by atoms with Crippen molar-refractivity contribution < 1.29 is 18.7 Å². The molecule has 2 aromatic heterocycles. The Morgan fingerprint density at radius 1 is 1.28 bits per heavy atom. The number of rotatable bonds is 5. The van der Waals surface area contributed by atoms with E-state index >= 15 is 0 Å². The smallest absolute Gasteiger partial charge is 0.357 e. The van der Waals surface area contributed by atoms with Gasteiger partial charge in [0.05, 0.1) is 19.3 Å². The van der Waals surface area contributed by atoms with E-state index in [1.54, 1.807) is 18.6 Å². The number of hydrogen-bond donors (Lipinski definition) is 1. The molecule has 0 aliphatic heterocycles. The molecular weight excluding hydrogens is 340 g/mol. The van der Waals surface area contributed by atoms with Crippen LogP contribution >= 0.6 is 11.3 Å². The maximum Gasteiger partial charge on any atom is 0.357 e. The van der Waals surface area contributed by atoms with E-state index in [0.717, 1.165) is 27.7 Å². The van der Waals surface area contributed by atoms with Gasteiger partial charge in [-0.15, -0.1) is 11.3 Å². The number of thiazole rings is 1. The van der Waals surface area contributed by atoms with E-state index in [1.807, 2.05) is 26.0 Å². The standard InChI is InChI=1S/C18H18N2O4S/c1-4-23-17(22)14-9-25-18(19-14)20-16(21)7-12-8-24-15-6-11(3)10(2)5-13(12)15/h5-6,8-9H,4,7H2,1-3H3,(H,19,20,21). The first kappa shape index (κ1) is 17.2. The lowest BCUT2D eigenvalue weighted by molar-refractivity contribution is -0.115. The summed E-state index contributed by atoms with van der Waals surface area (Å²) < 4.78 is 10.4. The average Bonchev–Trinajstić information content (AvgIpc) is 3.16. The van der Waals surface area contributed by atoms with Crippen LogP contribution in [0.3, 0.4) is 0 Å². The van der Waals surface area contributed by atoms with E-state index in [-0.39, 0.29) is 24.6 Å². The quantitative estimate of drug-likeness (QED) is 0.700. The molecule has 0 spiro atoms. The predicted octanol–water partition coefficient (Wildman–Crippen LogP) is 3.86. The van der Waals surface area contributed by atoms with Crippen molar-refractivity contribution >= 4 is 39.3 Å². The van der Waals surface area contributed by atoms with Gasteiger partial charge in [-0.3, -0.25) is 4.79 Å². The van der Waals surface area contributed by atoms with Crippen molar-refractivity contribution in [3.05, 3.63) is 46.2 Å². The molecule has 7 heteroatoms. The second-order valence-electron chi connectivity index (χ2n) is 5.68. The van der Waals surface area contributed by atoms with Crippen molar-refractivity contribution in [3.63, 3.8) is 0 Å². The first-order chi connectivity index (χ1) is 12.0. The fourth-order valence-electron chi connectivity index (χ4n) is 2.44. The molecule has 0 saturated heterocycles. The number of anilines is 1. The third-order valence-electron chi connectivity index (χ3n) is 3.86. The number of nitrogens with zero attached hydrogens (tertiary/aromatic N) is 1. The van der Waals surface area contributed by atoms with Crippen molar-refractivity contribution in [1.29, 1.82) is 0 Å². The van der Waals surface area contributed by atoms with Crippen molar-refractivity contribution in [1.82, 2.24) is 4.98 Å². The minimum atomic E-state index is -0.495. The number of aryl methyl sites for hydroxylation is 2. The molecule has 1 amide bonds. The maximum absolute atomic E-state index is 12.3. The van der Waals surface area contributed by atoms with Gasteiger partial charge in [-0.25, -0.2) is 9.78 Å². The van der Waals surface area contributed by atoms with Crippen LogP contribution in [0.2, 0.25) is 0 Å². The van der Waals surface area contributed by atoms with Gasteiger partial charge in [0.2, 0.25) is 5.91 Å². The number of nitrogens with one attached hydrogen (secondary N) is 1. The lowest BCUT2D eigenvalue weighted by Gasteiger charge is -2.02. The molecule has 0 bridgehead atoms. The number of carbonyl (C=O) groups is 2. The van der Waals surface area contributed by atoms with Crippen LogP contribution in [0.4, 0.5) is 5.13 Å². The normalized spacial score (nSPS) is 10.8. The number of amides is 1. The highest BCUT2D eigenvalue weighted by molar-refractivity contribution is 7.14. The fraction of sp³-hybridized carbons (Fsp3) is 0.278. The Kier molecular flexibility index (Phi) is 4.85. The molecular formula is C18H18N2O4S. The number of carbonyl (C=O) groups excluding carboxylic acids is 2. The van der Waals surface area contributed by atoms with Gasteiger partial charge in [0.25, 0.3) is 0 Å². The largest absolute Gasteiger partial charge is 0.464 e. The summed E-state index contributed by atoms with van der Waals surface area (Å²) in [5, 5.41) is 5.57. The average molecular weight is 358 g/mol. The Morgan fingerprint density at radius 2 is 2.04 bits per heavy atom. The lowest BCUT2D eigenvalue weighted by Crippen LogP contribution is -2.14. The van der Waals surface area contributed by atoms with Crippen LogP contribution in [0, 0.1) is 13.8 Å². The van der Waals surface area contributed by atoms with Gasteiger partial charge in [-0.2, -0.15) is 0 Å². The van der Waals surface area contributed by atoms with Crippen LogP contribution < -0.4 is 5.32 Å². The third-order valence-corrected chi connectivity index (χ3v) is 4.61.